The van der Waals surface area contributed by atoms with Crippen LogP contribution in [0.5, 0.6) is 0 Å². The highest BCUT2D eigenvalue weighted by Crippen LogP contribution is 2.30. The van der Waals surface area contributed by atoms with Crippen LogP contribution >= 0.6 is 0 Å². The first-order valence-electron chi connectivity index (χ1n) is 6.37. The number of amides is 1. The summed E-state index contributed by atoms with van der Waals surface area (Å²) < 4.78 is 30.2. The Hall–Kier alpha value is -1.93. The van der Waals surface area contributed by atoms with Crippen LogP contribution < -0.4 is 4.90 Å². The summed E-state index contributed by atoms with van der Waals surface area (Å²) in [6.07, 6.45) is 0. The average molecular weight is 313 g/mol. The summed E-state index contributed by atoms with van der Waals surface area (Å²) in [5, 5.41) is 0. The first-order valence-corrected chi connectivity index (χ1v) is 7.81. The van der Waals surface area contributed by atoms with Gasteiger partial charge < -0.3 is 9.64 Å². The highest BCUT2D eigenvalue weighted by molar-refractivity contribution is 7.90. The predicted molar refractivity (Wildman–Crippen MR) is 73.7 cm³/mol. The van der Waals surface area contributed by atoms with Gasteiger partial charge in [0.2, 0.25) is 0 Å². The number of carbonyl (C=O) groups excluding carboxylic acids is 2. The minimum atomic E-state index is -3.89. The zero-order valence-corrected chi connectivity index (χ0v) is 12.9. The minimum Gasteiger partial charge on any atom is -0.465 e. The first-order chi connectivity index (χ1) is 9.78. The van der Waals surface area contributed by atoms with Crippen LogP contribution in [0.15, 0.2) is 23.1 Å². The van der Waals surface area contributed by atoms with Crippen LogP contribution in [0.3, 0.4) is 0 Å². The molecule has 0 saturated carbocycles. The summed E-state index contributed by atoms with van der Waals surface area (Å²) in [5.74, 6) is -1.20. The van der Waals surface area contributed by atoms with Crippen LogP contribution in [-0.4, -0.2) is 58.9 Å². The van der Waals surface area contributed by atoms with Crippen molar-refractivity contribution in [3.8, 4) is 0 Å². The van der Waals surface area contributed by atoms with Crippen molar-refractivity contribution < 1.29 is 27.6 Å². The molecule has 0 aliphatic carbocycles. The molecule has 0 fully saturated rings. The number of carbonyl (C=O) groups is 2. The minimum absolute atomic E-state index is 0.0939. The second kappa shape index (κ2) is 5.45. The lowest BCUT2D eigenvalue weighted by atomic mass is 10.1. The predicted octanol–water partition coefficient (Wildman–Crippen LogP) is -1.24. The van der Waals surface area contributed by atoms with Crippen LogP contribution in [-0.2, 0) is 14.8 Å². The van der Waals surface area contributed by atoms with E-state index in [2.05, 4.69) is 4.74 Å². The molecule has 1 aliphatic rings. The maximum Gasteiger partial charge on any atom is 0.337 e. The highest BCUT2D eigenvalue weighted by atomic mass is 32.2. The van der Waals surface area contributed by atoms with Crippen LogP contribution in [0.4, 0.5) is 0 Å². The number of likely N-dealkylation sites (N-methyl/N-ethyl adjacent to an activating group) is 1. The summed E-state index contributed by atoms with van der Waals surface area (Å²) >= 11 is 0. The molecule has 21 heavy (non-hydrogen) atoms. The van der Waals surface area contributed by atoms with Gasteiger partial charge in [0, 0.05) is 0 Å². The molecule has 0 aromatic heterocycles. The first kappa shape index (κ1) is 15.5. The number of sulfonamides is 1. The van der Waals surface area contributed by atoms with E-state index in [1.54, 1.807) is 0 Å². The smallest absolute Gasteiger partial charge is 0.337 e. The molecule has 0 radical (unpaired) electrons. The van der Waals surface area contributed by atoms with Crippen molar-refractivity contribution in [2.75, 3.05) is 34.3 Å². The van der Waals surface area contributed by atoms with E-state index in [9.17, 15) is 18.0 Å². The molecule has 0 atom stereocenters. The Bertz CT molecular complexity index is 697. The average Bonchev–Trinajstić information content (AvgIpc) is 2.63. The number of esters is 1. The molecule has 0 bridgehead atoms. The fraction of sp³-hybridized carbons (Fsp3) is 0.385. The number of benzene rings is 1. The van der Waals surface area contributed by atoms with Crippen LogP contribution in [0.2, 0.25) is 0 Å². The summed E-state index contributed by atoms with van der Waals surface area (Å²) in [7, 11) is 1.06. The topological polar surface area (TPSA) is 85.2 Å². The van der Waals surface area contributed by atoms with Gasteiger partial charge in [-0.15, -0.1) is 0 Å². The van der Waals surface area contributed by atoms with Gasteiger partial charge in [0.05, 0.1) is 45.4 Å². The summed E-state index contributed by atoms with van der Waals surface area (Å²) in [6.45, 7) is 0.606. The van der Waals surface area contributed by atoms with E-state index in [0.29, 0.717) is 6.54 Å². The molecule has 7 nitrogen and oxygen atoms in total. The van der Waals surface area contributed by atoms with Crippen molar-refractivity contribution in [3.63, 3.8) is 0 Å². The van der Waals surface area contributed by atoms with Gasteiger partial charge in [-0.3, -0.25) is 4.79 Å². The Morgan fingerprint density at radius 1 is 1.33 bits per heavy atom. The molecule has 1 heterocycles. The Labute approximate surface area is 123 Å². The van der Waals surface area contributed by atoms with Crippen molar-refractivity contribution in [1.82, 2.24) is 4.31 Å². The lowest BCUT2D eigenvalue weighted by Crippen LogP contribution is -3.06. The largest absolute Gasteiger partial charge is 0.465 e. The quantitative estimate of drug-likeness (QED) is 0.703. The van der Waals surface area contributed by atoms with Crippen LogP contribution in [0.25, 0.3) is 0 Å². The normalized spacial score (nSPS) is 16.2. The molecular weight excluding hydrogens is 296 g/mol. The third kappa shape index (κ3) is 2.64. The van der Waals surface area contributed by atoms with Gasteiger partial charge in [-0.2, -0.15) is 0 Å². The lowest BCUT2D eigenvalue weighted by molar-refractivity contribution is -0.857. The molecule has 2 rings (SSSR count). The standard InChI is InChI=1S/C13H16N2O5S/c1-14(2)6-7-15-12(16)10-5-4-9(13(17)20-3)8-11(10)21(15,18)19/h4-5,8H,6-7H2,1-3H3/p+1. The summed E-state index contributed by atoms with van der Waals surface area (Å²) in [6, 6.07) is 3.93. The maximum absolute atomic E-state index is 12.4. The van der Waals surface area contributed by atoms with E-state index in [-0.39, 0.29) is 22.6 Å². The molecule has 1 aromatic carbocycles. The van der Waals surface area contributed by atoms with Gasteiger partial charge in [0.1, 0.15) is 4.90 Å². The monoisotopic (exact) mass is 313 g/mol. The molecule has 0 spiro atoms. The number of hydrogen-bond acceptors (Lipinski definition) is 5. The van der Waals surface area contributed by atoms with Gasteiger partial charge in [0.15, 0.2) is 0 Å². The molecule has 1 aliphatic heterocycles. The molecule has 114 valence electrons. The zero-order chi connectivity index (χ0) is 15.8. The summed E-state index contributed by atoms with van der Waals surface area (Å²) in [5.41, 5.74) is 0.198. The third-order valence-corrected chi connectivity index (χ3v) is 5.06. The van der Waals surface area contributed by atoms with Gasteiger partial charge in [-0.1, -0.05) is 0 Å². The number of fused-ring (bicyclic) bond motifs is 1. The second-order valence-corrected chi connectivity index (χ2v) is 6.87. The number of methoxy groups -OCH3 is 1. The number of hydrogen-bond donors (Lipinski definition) is 1. The van der Waals surface area contributed by atoms with Gasteiger partial charge in [0.25, 0.3) is 15.9 Å². The Kier molecular flexibility index (Phi) is 4.02. The van der Waals surface area contributed by atoms with Crippen molar-refractivity contribution >= 4 is 21.9 Å². The number of ether oxygens (including phenoxy) is 1. The molecular formula is C13H17N2O5S+. The van der Waals surface area contributed by atoms with E-state index >= 15 is 0 Å². The SMILES string of the molecule is COC(=O)c1ccc2c(c1)S(=O)(=O)N(CC[NH+](C)C)C2=O. The number of nitrogens with zero attached hydrogens (tertiary/aromatic N) is 1. The van der Waals surface area contributed by atoms with Crippen molar-refractivity contribution in [2.45, 2.75) is 4.90 Å². The highest BCUT2D eigenvalue weighted by Gasteiger charge is 2.41. The molecule has 1 aromatic rings. The molecule has 0 saturated heterocycles. The number of nitrogens with one attached hydrogen (secondary N) is 1. The van der Waals surface area contributed by atoms with E-state index in [1.165, 1.54) is 25.3 Å². The Morgan fingerprint density at radius 3 is 2.57 bits per heavy atom. The molecule has 1 N–H and O–H groups in total. The Balaban J connectivity index is 2.43. The fourth-order valence-corrected chi connectivity index (χ4v) is 3.66. The number of quaternary nitrogens is 1. The maximum atomic E-state index is 12.4. The molecule has 8 heteroatoms. The summed E-state index contributed by atoms with van der Waals surface area (Å²) in [4.78, 5) is 24.6. The van der Waals surface area contributed by atoms with E-state index in [0.717, 1.165) is 9.21 Å². The zero-order valence-electron chi connectivity index (χ0n) is 12.0. The van der Waals surface area contributed by atoms with Crippen LogP contribution in [0, 0.1) is 0 Å². The fourth-order valence-electron chi connectivity index (χ4n) is 2.07. The van der Waals surface area contributed by atoms with Crippen molar-refractivity contribution in [2.24, 2.45) is 0 Å². The van der Waals surface area contributed by atoms with Crippen molar-refractivity contribution in [1.29, 1.82) is 0 Å². The molecule has 0 unspecified atom stereocenters. The van der Waals surface area contributed by atoms with E-state index in [1.807, 2.05) is 14.1 Å². The van der Waals surface area contributed by atoms with Gasteiger partial charge >= 0.3 is 5.97 Å². The van der Waals surface area contributed by atoms with Crippen molar-refractivity contribution in [3.05, 3.63) is 29.3 Å². The van der Waals surface area contributed by atoms with E-state index < -0.39 is 21.9 Å². The lowest BCUT2D eigenvalue weighted by Gasteiger charge is -2.16. The van der Waals surface area contributed by atoms with Gasteiger partial charge in [-0.05, 0) is 18.2 Å². The third-order valence-electron chi connectivity index (χ3n) is 3.24. The second-order valence-electron chi connectivity index (χ2n) is 5.04. The van der Waals surface area contributed by atoms with E-state index in [4.69, 9.17) is 0 Å². The number of rotatable bonds is 4. The van der Waals surface area contributed by atoms with Gasteiger partial charge in [-0.25, -0.2) is 17.5 Å². The Morgan fingerprint density at radius 2 is 2.00 bits per heavy atom. The molecule has 1 amide bonds. The van der Waals surface area contributed by atoms with Crippen LogP contribution in [0.1, 0.15) is 20.7 Å².